The number of nitrogen functional groups attached to an aromatic ring is 1. The fraction of sp³-hybridized carbons (Fsp3) is 0.258. The zero-order chi connectivity index (χ0) is 30.7. The number of esters is 1. The summed E-state index contributed by atoms with van der Waals surface area (Å²) in [5.41, 5.74) is 7.60. The molecule has 0 aliphatic carbocycles. The van der Waals surface area contributed by atoms with Gasteiger partial charge in [-0.05, 0) is 72.3 Å². The molecular formula is C31H31ClN4O6S. The van der Waals surface area contributed by atoms with Gasteiger partial charge in [0, 0.05) is 23.8 Å². The van der Waals surface area contributed by atoms with Crippen molar-refractivity contribution < 1.29 is 27.5 Å². The van der Waals surface area contributed by atoms with Gasteiger partial charge in [0.05, 0.1) is 35.6 Å². The maximum Gasteiger partial charge on any atom is 0.311 e. The number of anilines is 2. The van der Waals surface area contributed by atoms with Crippen LogP contribution in [0.25, 0.3) is 10.8 Å². The van der Waals surface area contributed by atoms with E-state index in [1.54, 1.807) is 53.6 Å². The molecule has 3 aromatic carbocycles. The molecule has 1 amide bonds. The summed E-state index contributed by atoms with van der Waals surface area (Å²) >= 11 is 6.38. The van der Waals surface area contributed by atoms with E-state index in [9.17, 15) is 18.0 Å². The van der Waals surface area contributed by atoms with Crippen molar-refractivity contribution in [3.63, 3.8) is 0 Å². The first-order valence-electron chi connectivity index (χ1n) is 13.7. The highest BCUT2D eigenvalue weighted by atomic mass is 35.5. The average Bonchev–Trinajstić information content (AvgIpc) is 3.45. The summed E-state index contributed by atoms with van der Waals surface area (Å²) in [5, 5.41) is 5.34. The molecule has 224 valence electrons. The largest absolute Gasteiger partial charge is 0.492 e. The van der Waals surface area contributed by atoms with E-state index >= 15 is 0 Å². The van der Waals surface area contributed by atoms with Crippen molar-refractivity contribution in [3.05, 3.63) is 89.1 Å². The van der Waals surface area contributed by atoms with Gasteiger partial charge in [0.25, 0.3) is 0 Å². The molecule has 2 heterocycles. The van der Waals surface area contributed by atoms with Gasteiger partial charge in [-0.3, -0.25) is 9.59 Å². The van der Waals surface area contributed by atoms with E-state index in [0.29, 0.717) is 46.4 Å². The van der Waals surface area contributed by atoms with Gasteiger partial charge in [-0.15, -0.1) is 0 Å². The van der Waals surface area contributed by atoms with Gasteiger partial charge in [-0.1, -0.05) is 35.9 Å². The number of hydrogen-bond acceptors (Lipinski definition) is 9. The third-order valence-corrected chi connectivity index (χ3v) is 8.69. The summed E-state index contributed by atoms with van der Waals surface area (Å²) in [7, 11) is -1.72. The second-order valence-electron chi connectivity index (χ2n) is 10.0. The van der Waals surface area contributed by atoms with E-state index in [1.165, 1.54) is 13.2 Å². The van der Waals surface area contributed by atoms with Crippen LogP contribution in [-0.4, -0.2) is 50.4 Å². The van der Waals surface area contributed by atoms with E-state index in [2.05, 4.69) is 10.3 Å². The van der Waals surface area contributed by atoms with Crippen LogP contribution in [0.4, 0.5) is 11.5 Å². The van der Waals surface area contributed by atoms with Crippen LogP contribution in [0.1, 0.15) is 36.6 Å². The summed E-state index contributed by atoms with van der Waals surface area (Å²) < 4.78 is 35.2. The number of pyridine rings is 1. The van der Waals surface area contributed by atoms with E-state index < -0.39 is 34.7 Å². The fourth-order valence-corrected chi connectivity index (χ4v) is 6.40. The van der Waals surface area contributed by atoms with Gasteiger partial charge in [0.15, 0.2) is 10.7 Å². The molecule has 0 spiro atoms. The van der Waals surface area contributed by atoms with Crippen molar-refractivity contribution in [3.8, 4) is 5.75 Å². The summed E-state index contributed by atoms with van der Waals surface area (Å²) in [6.45, 7) is 2.41. The van der Waals surface area contributed by atoms with Gasteiger partial charge < -0.3 is 25.4 Å². The van der Waals surface area contributed by atoms with Gasteiger partial charge in [-0.2, -0.15) is 0 Å². The molecule has 43 heavy (non-hydrogen) atoms. The molecule has 1 aromatic heterocycles. The number of fused-ring (bicyclic) bond motifs is 1. The maximum absolute atomic E-state index is 14.6. The molecule has 1 saturated heterocycles. The number of nitrogens with two attached hydrogens (primary N) is 1. The SMILES string of the molecule is CCOc1cc(C(Nc2ccc3c(N)nccc3c2)C(=O)N2CC[C@H](C(=O)OC)[C@@H]2c2ccccc2[SH](=O)=O)ccc1Cl. The molecule has 3 atom stereocenters. The van der Waals surface area contributed by atoms with Gasteiger partial charge in [0.1, 0.15) is 17.6 Å². The molecule has 1 unspecified atom stereocenters. The zero-order valence-electron chi connectivity index (χ0n) is 23.5. The third-order valence-electron chi connectivity index (χ3n) is 7.58. The van der Waals surface area contributed by atoms with Crippen LogP contribution in [0.5, 0.6) is 5.75 Å². The molecular weight excluding hydrogens is 592 g/mol. The van der Waals surface area contributed by atoms with Crippen LogP contribution in [0.2, 0.25) is 5.02 Å². The standard InChI is InChI=1S/C31H31ClN4O6S/c1-3-42-25-17-19(8-11-24(25)32)27(35-20-9-10-21-18(16-20)12-14-34-29(21)33)30(37)36-15-13-23(31(38)41-2)28(36)22-6-4-5-7-26(22)43(39)40/h4-12,14,16-17,23,27-28,35,43H,3,13,15H2,1-2H3,(H2,33,34)/t23-,27?,28-/m0/s1. The number of ether oxygens (including phenoxy) is 2. The molecule has 4 aromatic rings. The first-order chi connectivity index (χ1) is 20.7. The number of amides is 1. The minimum absolute atomic E-state index is 0.0477. The number of carbonyl (C=O) groups excluding carboxylic acids is 2. The summed E-state index contributed by atoms with van der Waals surface area (Å²) in [6.07, 6.45) is 1.91. The van der Waals surface area contributed by atoms with Crippen molar-refractivity contribution in [1.82, 2.24) is 9.88 Å². The minimum Gasteiger partial charge on any atom is -0.492 e. The van der Waals surface area contributed by atoms with Crippen molar-refractivity contribution in [1.29, 1.82) is 0 Å². The van der Waals surface area contributed by atoms with E-state index in [0.717, 1.165) is 10.8 Å². The quantitative estimate of drug-likeness (QED) is 0.178. The highest BCUT2D eigenvalue weighted by Gasteiger charge is 2.45. The van der Waals surface area contributed by atoms with Crippen LogP contribution >= 0.6 is 11.6 Å². The number of nitrogens with zero attached hydrogens (tertiary/aromatic N) is 2. The second-order valence-corrected chi connectivity index (χ2v) is 11.4. The van der Waals surface area contributed by atoms with E-state index in [4.69, 9.17) is 26.8 Å². The number of thiol groups is 1. The van der Waals surface area contributed by atoms with Crippen LogP contribution in [0.15, 0.2) is 77.8 Å². The number of carbonyl (C=O) groups is 2. The third kappa shape index (κ3) is 6.09. The van der Waals surface area contributed by atoms with Crippen molar-refractivity contribution in [2.45, 2.75) is 30.3 Å². The monoisotopic (exact) mass is 622 g/mol. The summed E-state index contributed by atoms with van der Waals surface area (Å²) in [6, 6.07) is 17.0. The Kier molecular flexibility index (Phi) is 9.02. The Labute approximate surface area is 255 Å². The first kappa shape index (κ1) is 30.1. The first-order valence-corrected chi connectivity index (χ1v) is 15.2. The number of rotatable bonds is 9. The number of nitrogens with one attached hydrogen (secondary N) is 1. The molecule has 1 fully saturated rings. The van der Waals surface area contributed by atoms with Crippen LogP contribution in [0, 0.1) is 5.92 Å². The topological polar surface area (TPSA) is 141 Å². The minimum atomic E-state index is -3.00. The van der Waals surface area contributed by atoms with E-state index in [1.807, 2.05) is 25.1 Å². The van der Waals surface area contributed by atoms with Gasteiger partial charge in [0.2, 0.25) is 5.91 Å². The second kappa shape index (κ2) is 12.9. The molecule has 1 aliphatic rings. The van der Waals surface area contributed by atoms with Crippen molar-refractivity contribution in [2.75, 3.05) is 31.3 Å². The Balaban J connectivity index is 1.61. The Morgan fingerprint density at radius 2 is 1.93 bits per heavy atom. The molecule has 0 radical (unpaired) electrons. The molecule has 0 bridgehead atoms. The van der Waals surface area contributed by atoms with Crippen LogP contribution in [-0.2, 0) is 25.0 Å². The predicted molar refractivity (Wildman–Crippen MR) is 165 cm³/mol. The number of likely N-dealkylation sites (tertiary alicyclic amines) is 1. The zero-order valence-corrected chi connectivity index (χ0v) is 25.2. The summed E-state index contributed by atoms with van der Waals surface area (Å²) in [5.74, 6) is -0.846. The number of methoxy groups -OCH3 is 1. The molecule has 0 saturated carbocycles. The van der Waals surface area contributed by atoms with Gasteiger partial charge >= 0.3 is 5.97 Å². The highest BCUT2D eigenvalue weighted by molar-refractivity contribution is 7.72. The number of benzene rings is 3. The lowest BCUT2D eigenvalue weighted by Gasteiger charge is -2.32. The maximum atomic E-state index is 14.6. The Hall–Kier alpha value is -4.35. The normalized spacial score (nSPS) is 17.2. The lowest BCUT2D eigenvalue weighted by atomic mass is 9.93. The lowest BCUT2D eigenvalue weighted by molar-refractivity contribution is -0.147. The van der Waals surface area contributed by atoms with Crippen molar-refractivity contribution >= 4 is 56.5 Å². The highest BCUT2D eigenvalue weighted by Crippen LogP contribution is 2.42. The van der Waals surface area contributed by atoms with E-state index in [-0.39, 0.29) is 17.3 Å². The van der Waals surface area contributed by atoms with Gasteiger partial charge in [-0.25, -0.2) is 13.4 Å². The molecule has 5 rings (SSSR count). The molecule has 10 nitrogen and oxygen atoms in total. The van der Waals surface area contributed by atoms with Crippen LogP contribution in [0.3, 0.4) is 0 Å². The predicted octanol–water partition coefficient (Wildman–Crippen LogP) is 4.76. The Morgan fingerprint density at radius 1 is 1.14 bits per heavy atom. The Bertz CT molecular complexity index is 1760. The number of aromatic nitrogens is 1. The number of halogens is 1. The molecule has 3 N–H and O–H groups in total. The average molecular weight is 623 g/mol. The molecule has 1 aliphatic heterocycles. The van der Waals surface area contributed by atoms with Crippen molar-refractivity contribution in [2.24, 2.45) is 5.92 Å². The Morgan fingerprint density at radius 3 is 2.67 bits per heavy atom. The summed E-state index contributed by atoms with van der Waals surface area (Å²) in [4.78, 5) is 33.2. The lowest BCUT2D eigenvalue weighted by Crippen LogP contribution is -2.39. The smallest absolute Gasteiger partial charge is 0.311 e. The number of hydrogen-bond donors (Lipinski definition) is 3. The fourth-order valence-electron chi connectivity index (χ4n) is 5.60. The molecule has 12 heteroatoms. The van der Waals surface area contributed by atoms with Crippen LogP contribution < -0.4 is 15.8 Å².